The maximum atomic E-state index is 5.29. The molecule has 0 fully saturated rings. The summed E-state index contributed by atoms with van der Waals surface area (Å²) in [4.78, 5) is 0. The van der Waals surface area contributed by atoms with Gasteiger partial charge in [0.15, 0.2) is 0 Å². The third-order valence-corrected chi connectivity index (χ3v) is 2.02. The maximum absolute atomic E-state index is 5.29. The standard InChI is InChI=1S/C10H16O/c1-3-4-6-9(2)10-7-5-8-11-10/h5,7-9H,3-4,6H2,1-2H3/t9-/m0/s1. The van der Waals surface area contributed by atoms with E-state index >= 15 is 0 Å². The van der Waals surface area contributed by atoms with Crippen LogP contribution < -0.4 is 0 Å². The normalized spacial score (nSPS) is 13.3. The Hall–Kier alpha value is -0.720. The summed E-state index contributed by atoms with van der Waals surface area (Å²) in [7, 11) is 0. The van der Waals surface area contributed by atoms with E-state index < -0.39 is 0 Å². The Morgan fingerprint density at radius 3 is 2.91 bits per heavy atom. The van der Waals surface area contributed by atoms with Crippen LogP contribution in [0.5, 0.6) is 0 Å². The van der Waals surface area contributed by atoms with Crippen molar-refractivity contribution >= 4 is 0 Å². The summed E-state index contributed by atoms with van der Waals surface area (Å²) in [6.07, 6.45) is 5.55. The fourth-order valence-electron chi connectivity index (χ4n) is 1.22. The van der Waals surface area contributed by atoms with Crippen molar-refractivity contribution in [3.8, 4) is 0 Å². The fourth-order valence-corrected chi connectivity index (χ4v) is 1.22. The Kier molecular flexibility index (Phi) is 3.21. The lowest BCUT2D eigenvalue weighted by atomic mass is 10.0. The Morgan fingerprint density at radius 2 is 2.36 bits per heavy atom. The van der Waals surface area contributed by atoms with Gasteiger partial charge in [0.2, 0.25) is 0 Å². The lowest BCUT2D eigenvalue weighted by Crippen LogP contribution is -1.89. The van der Waals surface area contributed by atoms with Gasteiger partial charge in [-0.15, -0.1) is 0 Å². The zero-order valence-corrected chi connectivity index (χ0v) is 7.34. The first kappa shape index (κ1) is 8.38. The minimum atomic E-state index is 0.588. The van der Waals surface area contributed by atoms with E-state index in [0.717, 1.165) is 5.76 Å². The van der Waals surface area contributed by atoms with Crippen molar-refractivity contribution in [2.45, 2.75) is 39.0 Å². The van der Waals surface area contributed by atoms with Gasteiger partial charge in [-0.05, 0) is 18.6 Å². The molecule has 0 amide bonds. The van der Waals surface area contributed by atoms with Gasteiger partial charge in [-0.25, -0.2) is 0 Å². The van der Waals surface area contributed by atoms with Gasteiger partial charge < -0.3 is 4.42 Å². The first-order valence-electron chi connectivity index (χ1n) is 4.38. The van der Waals surface area contributed by atoms with Crippen LogP contribution in [-0.4, -0.2) is 0 Å². The monoisotopic (exact) mass is 152 g/mol. The minimum absolute atomic E-state index is 0.588. The van der Waals surface area contributed by atoms with E-state index in [1.165, 1.54) is 19.3 Å². The van der Waals surface area contributed by atoms with E-state index in [-0.39, 0.29) is 0 Å². The molecule has 1 atom stereocenters. The molecular formula is C10H16O. The number of hydrogen-bond acceptors (Lipinski definition) is 1. The van der Waals surface area contributed by atoms with Crippen LogP contribution in [0.15, 0.2) is 22.8 Å². The molecule has 0 unspecified atom stereocenters. The Balaban J connectivity index is 2.36. The first-order valence-corrected chi connectivity index (χ1v) is 4.38. The number of furan rings is 1. The molecular weight excluding hydrogens is 136 g/mol. The van der Waals surface area contributed by atoms with Crippen LogP contribution in [0, 0.1) is 0 Å². The smallest absolute Gasteiger partial charge is 0.106 e. The van der Waals surface area contributed by atoms with Crippen molar-refractivity contribution < 1.29 is 4.42 Å². The molecule has 0 saturated heterocycles. The third-order valence-electron chi connectivity index (χ3n) is 2.02. The van der Waals surface area contributed by atoms with Crippen molar-refractivity contribution in [3.63, 3.8) is 0 Å². The molecule has 62 valence electrons. The number of hydrogen-bond donors (Lipinski definition) is 0. The van der Waals surface area contributed by atoms with Gasteiger partial charge in [-0.1, -0.05) is 26.7 Å². The molecule has 1 aromatic heterocycles. The van der Waals surface area contributed by atoms with Gasteiger partial charge >= 0.3 is 0 Å². The summed E-state index contributed by atoms with van der Waals surface area (Å²) in [5, 5.41) is 0. The van der Waals surface area contributed by atoms with Gasteiger partial charge in [-0.3, -0.25) is 0 Å². The van der Waals surface area contributed by atoms with Gasteiger partial charge in [0, 0.05) is 5.92 Å². The summed E-state index contributed by atoms with van der Waals surface area (Å²) in [6.45, 7) is 4.43. The first-order chi connectivity index (χ1) is 5.34. The molecule has 0 aliphatic carbocycles. The Morgan fingerprint density at radius 1 is 1.55 bits per heavy atom. The molecule has 0 bridgehead atoms. The molecule has 0 spiro atoms. The highest BCUT2D eigenvalue weighted by Crippen LogP contribution is 2.21. The van der Waals surface area contributed by atoms with Crippen LogP contribution in [0.2, 0.25) is 0 Å². The molecule has 0 aliphatic heterocycles. The Labute approximate surface area is 68.4 Å². The van der Waals surface area contributed by atoms with Gasteiger partial charge in [0.25, 0.3) is 0 Å². The maximum Gasteiger partial charge on any atom is 0.106 e. The molecule has 0 saturated carbocycles. The molecule has 1 rings (SSSR count). The number of unbranched alkanes of at least 4 members (excludes halogenated alkanes) is 1. The molecule has 11 heavy (non-hydrogen) atoms. The summed E-state index contributed by atoms with van der Waals surface area (Å²) >= 11 is 0. The van der Waals surface area contributed by atoms with Crippen LogP contribution in [-0.2, 0) is 0 Å². The fraction of sp³-hybridized carbons (Fsp3) is 0.600. The molecule has 0 aliphatic rings. The predicted octanol–water partition coefficient (Wildman–Crippen LogP) is 3.57. The largest absolute Gasteiger partial charge is 0.469 e. The molecule has 1 heteroatoms. The molecule has 1 nitrogen and oxygen atoms in total. The van der Waals surface area contributed by atoms with Crippen LogP contribution in [0.4, 0.5) is 0 Å². The van der Waals surface area contributed by atoms with Gasteiger partial charge in [0.05, 0.1) is 6.26 Å². The highest BCUT2D eigenvalue weighted by Gasteiger charge is 2.06. The van der Waals surface area contributed by atoms with Crippen molar-refractivity contribution in [3.05, 3.63) is 24.2 Å². The van der Waals surface area contributed by atoms with E-state index in [0.29, 0.717) is 5.92 Å². The average Bonchev–Trinajstić information content (AvgIpc) is 2.52. The van der Waals surface area contributed by atoms with Crippen LogP contribution in [0.25, 0.3) is 0 Å². The highest BCUT2D eigenvalue weighted by molar-refractivity contribution is 5.03. The second kappa shape index (κ2) is 4.22. The molecule has 0 N–H and O–H groups in total. The lowest BCUT2D eigenvalue weighted by Gasteiger charge is -2.05. The van der Waals surface area contributed by atoms with E-state index in [9.17, 15) is 0 Å². The zero-order valence-electron chi connectivity index (χ0n) is 7.34. The quantitative estimate of drug-likeness (QED) is 0.642. The predicted molar refractivity (Wildman–Crippen MR) is 46.6 cm³/mol. The molecule has 1 heterocycles. The molecule has 0 radical (unpaired) electrons. The van der Waals surface area contributed by atoms with Crippen molar-refractivity contribution in [1.29, 1.82) is 0 Å². The topological polar surface area (TPSA) is 13.1 Å². The summed E-state index contributed by atoms with van der Waals surface area (Å²) < 4.78 is 5.29. The average molecular weight is 152 g/mol. The Bertz CT molecular complexity index is 177. The van der Waals surface area contributed by atoms with E-state index in [4.69, 9.17) is 4.42 Å². The van der Waals surface area contributed by atoms with Gasteiger partial charge in [-0.2, -0.15) is 0 Å². The van der Waals surface area contributed by atoms with E-state index in [1.807, 2.05) is 6.07 Å². The SMILES string of the molecule is CCCC[C@H](C)c1ccco1. The zero-order chi connectivity index (χ0) is 8.10. The summed E-state index contributed by atoms with van der Waals surface area (Å²) in [5.41, 5.74) is 0. The van der Waals surface area contributed by atoms with E-state index in [1.54, 1.807) is 6.26 Å². The van der Waals surface area contributed by atoms with Crippen molar-refractivity contribution in [2.24, 2.45) is 0 Å². The second-order valence-electron chi connectivity index (χ2n) is 3.06. The van der Waals surface area contributed by atoms with E-state index in [2.05, 4.69) is 19.9 Å². The van der Waals surface area contributed by atoms with Gasteiger partial charge in [0.1, 0.15) is 5.76 Å². The highest BCUT2D eigenvalue weighted by atomic mass is 16.3. The van der Waals surface area contributed by atoms with Crippen molar-refractivity contribution in [1.82, 2.24) is 0 Å². The third kappa shape index (κ3) is 2.41. The lowest BCUT2D eigenvalue weighted by molar-refractivity contribution is 0.454. The molecule has 1 aromatic rings. The summed E-state index contributed by atoms with van der Waals surface area (Å²) in [6, 6.07) is 4.01. The molecule has 0 aromatic carbocycles. The van der Waals surface area contributed by atoms with Crippen LogP contribution >= 0.6 is 0 Å². The van der Waals surface area contributed by atoms with Crippen molar-refractivity contribution in [2.75, 3.05) is 0 Å². The van der Waals surface area contributed by atoms with Crippen LogP contribution in [0.1, 0.15) is 44.8 Å². The minimum Gasteiger partial charge on any atom is -0.469 e. The summed E-state index contributed by atoms with van der Waals surface area (Å²) in [5.74, 6) is 1.71. The number of rotatable bonds is 4. The second-order valence-corrected chi connectivity index (χ2v) is 3.06. The van der Waals surface area contributed by atoms with Crippen LogP contribution in [0.3, 0.4) is 0 Å².